The van der Waals surface area contributed by atoms with Crippen molar-refractivity contribution in [1.29, 1.82) is 0 Å². The summed E-state index contributed by atoms with van der Waals surface area (Å²) in [6.45, 7) is 13.1. The minimum atomic E-state index is -3.74. The van der Waals surface area contributed by atoms with Gasteiger partial charge < -0.3 is 9.59 Å². The highest BCUT2D eigenvalue weighted by Crippen LogP contribution is 2.22. The van der Waals surface area contributed by atoms with Crippen LogP contribution in [-0.2, 0) is 12.8 Å². The molecule has 0 atom stereocenters. The molecule has 0 spiro atoms. The Morgan fingerprint density at radius 1 is 0.640 bits per heavy atom. The summed E-state index contributed by atoms with van der Waals surface area (Å²) in [5.74, 6) is 0. The molecule has 0 saturated carbocycles. The Morgan fingerprint density at radius 2 is 0.960 bits per heavy atom. The first-order valence-corrected chi connectivity index (χ1v) is 10.9. The first-order valence-electron chi connectivity index (χ1n) is 9.02. The molecule has 0 amide bonds. The molecule has 3 heteroatoms. The Bertz CT molecular complexity index is 660. The van der Waals surface area contributed by atoms with Crippen LogP contribution in [-0.4, -0.2) is 18.2 Å². The summed E-state index contributed by atoms with van der Waals surface area (Å²) in [7, 11) is -3.74. The van der Waals surface area contributed by atoms with Crippen molar-refractivity contribution in [3.05, 3.63) is 59.7 Å². The van der Waals surface area contributed by atoms with Crippen LogP contribution in [0.4, 0.5) is 0 Å². The predicted octanol–water partition coefficient (Wildman–Crippen LogP) is 3.40. The van der Waals surface area contributed by atoms with Gasteiger partial charge in [0.25, 0.3) is 0 Å². The van der Waals surface area contributed by atoms with Crippen molar-refractivity contribution in [2.24, 2.45) is 10.8 Å². The van der Waals surface area contributed by atoms with E-state index in [0.717, 1.165) is 24.0 Å². The van der Waals surface area contributed by atoms with Crippen molar-refractivity contribution < 1.29 is 9.59 Å². The van der Waals surface area contributed by atoms with Crippen LogP contribution in [0.15, 0.2) is 48.5 Å². The maximum absolute atomic E-state index is 11.3. The van der Waals surface area contributed by atoms with E-state index >= 15 is 0 Å². The maximum Gasteiger partial charge on any atom is 0.402 e. The molecule has 0 radical (unpaired) electrons. The van der Waals surface area contributed by atoms with Gasteiger partial charge in [-0.15, -0.1) is 0 Å². The molecule has 0 heterocycles. The lowest BCUT2D eigenvalue weighted by Crippen LogP contribution is -2.61. The second-order valence-corrected chi connectivity index (χ2v) is 11.9. The van der Waals surface area contributed by atoms with Gasteiger partial charge in [0, 0.05) is 10.4 Å². The van der Waals surface area contributed by atoms with Gasteiger partial charge in [-0.25, -0.2) is 0 Å². The van der Waals surface area contributed by atoms with Crippen LogP contribution in [0.5, 0.6) is 0 Å². The molecule has 2 N–H and O–H groups in total. The van der Waals surface area contributed by atoms with E-state index in [-0.39, 0.29) is 10.8 Å². The molecular weight excluding hydrogens is 324 g/mol. The topological polar surface area (TPSA) is 40.5 Å². The molecule has 2 rings (SSSR count). The summed E-state index contributed by atoms with van der Waals surface area (Å²) in [5.41, 5.74) is 2.26. The molecule has 2 nitrogen and oxygen atoms in total. The number of hydrogen-bond acceptors (Lipinski definition) is 2. The van der Waals surface area contributed by atoms with Crippen molar-refractivity contribution >= 4 is 18.9 Å². The average Bonchev–Trinajstić information content (AvgIpc) is 2.44. The minimum absolute atomic E-state index is 0.0888. The zero-order valence-corrected chi connectivity index (χ0v) is 17.4. The van der Waals surface area contributed by atoms with E-state index in [1.807, 2.05) is 48.5 Å². The maximum atomic E-state index is 11.3. The third kappa shape index (κ3) is 5.27. The van der Waals surface area contributed by atoms with Gasteiger partial charge in [0.15, 0.2) is 0 Å². The fourth-order valence-corrected chi connectivity index (χ4v) is 5.50. The first-order chi connectivity index (χ1) is 11.4. The van der Waals surface area contributed by atoms with Crippen LogP contribution < -0.4 is 10.4 Å². The molecule has 0 aromatic heterocycles. The summed E-state index contributed by atoms with van der Waals surface area (Å²) in [6, 6.07) is 15.6. The summed E-state index contributed by atoms with van der Waals surface area (Å²) in [6.07, 6.45) is 1.64. The quantitative estimate of drug-likeness (QED) is 0.824. The third-order valence-electron chi connectivity index (χ3n) is 4.23. The van der Waals surface area contributed by atoms with Crippen LogP contribution in [0.2, 0.25) is 0 Å². The lowest BCUT2D eigenvalue weighted by molar-refractivity contribution is 0.392. The molecule has 0 saturated heterocycles. The summed E-state index contributed by atoms with van der Waals surface area (Å²) < 4.78 is 0. The standard InChI is InChI=1S/C22H32O2Si/c1-21(2,3)15-17-11-7-9-13-19(17)25(23,24)20-14-10-8-12-18(20)16-22(4,5)6/h7-14,23-24H,15-16H2,1-6H3. The fourth-order valence-electron chi connectivity index (χ4n) is 3.32. The lowest BCUT2D eigenvalue weighted by Gasteiger charge is -2.28. The third-order valence-corrected chi connectivity index (χ3v) is 6.71. The molecule has 25 heavy (non-hydrogen) atoms. The van der Waals surface area contributed by atoms with Gasteiger partial charge in [-0.05, 0) is 34.8 Å². The van der Waals surface area contributed by atoms with E-state index in [0.29, 0.717) is 10.4 Å². The van der Waals surface area contributed by atoms with Crippen molar-refractivity contribution in [3.63, 3.8) is 0 Å². The Kier molecular flexibility index (Phi) is 5.62. The first kappa shape index (κ1) is 19.9. The molecule has 2 aromatic carbocycles. The van der Waals surface area contributed by atoms with E-state index in [2.05, 4.69) is 41.5 Å². The Labute approximate surface area is 153 Å². The zero-order valence-electron chi connectivity index (χ0n) is 16.4. The van der Waals surface area contributed by atoms with E-state index in [9.17, 15) is 9.59 Å². The number of benzene rings is 2. The van der Waals surface area contributed by atoms with Gasteiger partial charge in [0.2, 0.25) is 0 Å². The Balaban J connectivity index is 2.54. The minimum Gasteiger partial charge on any atom is -0.404 e. The van der Waals surface area contributed by atoms with Gasteiger partial charge in [-0.3, -0.25) is 0 Å². The highest BCUT2D eigenvalue weighted by molar-refractivity contribution is 6.91. The summed E-state index contributed by atoms with van der Waals surface area (Å²) in [5, 5.41) is 1.43. The predicted molar refractivity (Wildman–Crippen MR) is 109 cm³/mol. The van der Waals surface area contributed by atoms with Crippen molar-refractivity contribution in [2.75, 3.05) is 0 Å². The van der Waals surface area contributed by atoms with E-state index in [4.69, 9.17) is 0 Å². The molecule has 0 aliphatic heterocycles. The van der Waals surface area contributed by atoms with Crippen LogP contribution >= 0.6 is 0 Å². The monoisotopic (exact) mass is 356 g/mol. The zero-order chi connectivity index (χ0) is 18.9. The number of hydrogen-bond donors (Lipinski definition) is 2. The van der Waals surface area contributed by atoms with E-state index in [1.54, 1.807) is 0 Å². The molecule has 0 aliphatic carbocycles. The van der Waals surface area contributed by atoms with Crippen molar-refractivity contribution in [2.45, 2.75) is 54.4 Å². The van der Waals surface area contributed by atoms with Crippen LogP contribution in [0, 0.1) is 10.8 Å². The molecule has 0 aliphatic rings. The lowest BCUT2D eigenvalue weighted by atomic mass is 9.88. The summed E-state index contributed by atoms with van der Waals surface area (Å²) >= 11 is 0. The van der Waals surface area contributed by atoms with Crippen LogP contribution in [0.25, 0.3) is 0 Å². The van der Waals surface area contributed by atoms with Gasteiger partial charge >= 0.3 is 8.56 Å². The van der Waals surface area contributed by atoms with Crippen LogP contribution in [0.1, 0.15) is 52.7 Å². The normalized spacial score (nSPS) is 13.1. The van der Waals surface area contributed by atoms with Gasteiger partial charge in [-0.1, -0.05) is 90.1 Å². The van der Waals surface area contributed by atoms with Crippen molar-refractivity contribution in [3.8, 4) is 0 Å². The molecule has 2 aromatic rings. The Hall–Kier alpha value is -1.42. The van der Waals surface area contributed by atoms with Crippen LogP contribution in [0.3, 0.4) is 0 Å². The number of rotatable bonds is 4. The van der Waals surface area contributed by atoms with Gasteiger partial charge in [-0.2, -0.15) is 0 Å². The summed E-state index contributed by atoms with van der Waals surface area (Å²) in [4.78, 5) is 22.6. The van der Waals surface area contributed by atoms with E-state index < -0.39 is 8.56 Å². The van der Waals surface area contributed by atoms with E-state index in [1.165, 1.54) is 0 Å². The van der Waals surface area contributed by atoms with Crippen molar-refractivity contribution in [1.82, 2.24) is 0 Å². The fraction of sp³-hybridized carbons (Fsp3) is 0.455. The largest absolute Gasteiger partial charge is 0.404 e. The molecule has 0 unspecified atom stereocenters. The molecular formula is C22H32O2Si. The highest BCUT2D eigenvalue weighted by Gasteiger charge is 2.39. The molecule has 0 bridgehead atoms. The second kappa shape index (κ2) is 7.06. The highest BCUT2D eigenvalue weighted by atomic mass is 28.4. The SMILES string of the molecule is CC(C)(C)Cc1ccccc1[Si](O)(O)c1ccccc1CC(C)(C)C. The van der Waals surface area contributed by atoms with Gasteiger partial charge in [0.05, 0.1) is 0 Å². The molecule has 0 fully saturated rings. The van der Waals surface area contributed by atoms with Gasteiger partial charge in [0.1, 0.15) is 0 Å². The smallest absolute Gasteiger partial charge is 0.402 e. The molecule has 136 valence electrons. The average molecular weight is 357 g/mol. The Morgan fingerprint density at radius 3 is 1.28 bits per heavy atom. The second-order valence-electron chi connectivity index (χ2n) is 9.46.